The molecule has 2 saturated heterocycles. The average molecular weight is 556 g/mol. The van der Waals surface area contributed by atoms with Crippen LogP contribution in [0, 0.1) is 12.8 Å². The molecular weight excluding hydrogens is 530 g/mol. The number of anilines is 1. The van der Waals surface area contributed by atoms with Gasteiger partial charge in [-0.05, 0) is 37.8 Å². The third kappa shape index (κ3) is 10.2. The maximum atomic E-state index is 10.6. The number of carbonyl (C=O) groups is 2. The number of aromatic nitrogens is 2. The van der Waals surface area contributed by atoms with E-state index >= 15 is 0 Å². The maximum Gasteiger partial charge on any atom is 0.490 e. The van der Waals surface area contributed by atoms with E-state index in [0.29, 0.717) is 5.92 Å². The van der Waals surface area contributed by atoms with Gasteiger partial charge in [-0.1, -0.05) is 11.2 Å². The number of halogens is 6. The van der Waals surface area contributed by atoms with Gasteiger partial charge in [0.05, 0.1) is 17.8 Å². The molecular formula is C22H26F6N4O6. The summed E-state index contributed by atoms with van der Waals surface area (Å²) in [5, 5.41) is 22.0. The van der Waals surface area contributed by atoms with Crippen molar-refractivity contribution in [2.75, 3.05) is 25.0 Å². The highest BCUT2D eigenvalue weighted by molar-refractivity contribution is 5.73. The van der Waals surface area contributed by atoms with Crippen LogP contribution in [0.1, 0.15) is 24.3 Å². The SMILES string of the molecule is Cc1cc(CN2C[C@@H]3CCCO[C@@H]3[C@H](Nc3ccccn3)C2)no1.O=C(O)C(F)(F)F.O=C(O)C(F)(F)F. The number of hydrogen-bond donors (Lipinski definition) is 3. The first-order valence-electron chi connectivity index (χ1n) is 11.2. The van der Waals surface area contributed by atoms with E-state index in [-0.39, 0.29) is 12.1 Å². The number of piperidine rings is 1. The van der Waals surface area contributed by atoms with E-state index in [1.54, 1.807) is 0 Å². The van der Waals surface area contributed by atoms with Crippen molar-refractivity contribution in [3.8, 4) is 0 Å². The second-order valence-corrected chi connectivity index (χ2v) is 8.43. The molecule has 0 bridgehead atoms. The first-order valence-corrected chi connectivity index (χ1v) is 11.2. The van der Waals surface area contributed by atoms with Gasteiger partial charge in [0, 0.05) is 38.5 Å². The fraction of sp³-hybridized carbons (Fsp3) is 0.545. The van der Waals surface area contributed by atoms with Gasteiger partial charge in [-0.3, -0.25) is 4.90 Å². The van der Waals surface area contributed by atoms with Gasteiger partial charge in [-0.15, -0.1) is 0 Å². The van der Waals surface area contributed by atoms with Crippen LogP contribution in [0.4, 0.5) is 32.2 Å². The van der Waals surface area contributed by atoms with Crippen molar-refractivity contribution >= 4 is 17.8 Å². The Hall–Kier alpha value is -3.40. The molecule has 0 aliphatic carbocycles. The fourth-order valence-electron chi connectivity index (χ4n) is 3.91. The van der Waals surface area contributed by atoms with E-state index in [1.807, 2.05) is 37.4 Å². The summed E-state index contributed by atoms with van der Waals surface area (Å²) in [7, 11) is 0. The molecule has 0 spiro atoms. The van der Waals surface area contributed by atoms with Gasteiger partial charge >= 0.3 is 24.3 Å². The molecule has 4 heterocycles. The molecule has 2 aliphatic heterocycles. The lowest BCUT2D eigenvalue weighted by Gasteiger charge is -2.46. The molecule has 212 valence electrons. The third-order valence-electron chi connectivity index (χ3n) is 5.38. The molecule has 2 aliphatic rings. The third-order valence-corrected chi connectivity index (χ3v) is 5.38. The van der Waals surface area contributed by atoms with Crippen molar-refractivity contribution < 1.29 is 55.4 Å². The molecule has 10 nitrogen and oxygen atoms in total. The van der Waals surface area contributed by atoms with Crippen molar-refractivity contribution in [3.63, 3.8) is 0 Å². The summed E-state index contributed by atoms with van der Waals surface area (Å²) in [5.41, 5.74) is 0.999. The Bertz CT molecular complexity index is 1010. The molecule has 0 unspecified atom stereocenters. The maximum absolute atomic E-state index is 10.6. The zero-order valence-electron chi connectivity index (χ0n) is 20.0. The summed E-state index contributed by atoms with van der Waals surface area (Å²) in [4.78, 5) is 24.7. The van der Waals surface area contributed by atoms with Gasteiger partial charge in [-0.2, -0.15) is 26.3 Å². The van der Waals surface area contributed by atoms with Crippen molar-refractivity contribution in [2.24, 2.45) is 5.92 Å². The predicted molar refractivity (Wildman–Crippen MR) is 118 cm³/mol. The van der Waals surface area contributed by atoms with E-state index in [0.717, 1.165) is 49.9 Å². The molecule has 3 N–H and O–H groups in total. The molecule has 0 amide bonds. The zero-order valence-corrected chi connectivity index (χ0v) is 20.0. The van der Waals surface area contributed by atoms with Crippen LogP contribution in [-0.2, 0) is 20.9 Å². The monoisotopic (exact) mass is 556 g/mol. The molecule has 2 aromatic rings. The minimum absolute atomic E-state index is 0.243. The van der Waals surface area contributed by atoms with E-state index in [2.05, 4.69) is 20.4 Å². The molecule has 0 radical (unpaired) electrons. The highest BCUT2D eigenvalue weighted by atomic mass is 19.4. The van der Waals surface area contributed by atoms with Crippen LogP contribution in [0.5, 0.6) is 0 Å². The first-order chi connectivity index (χ1) is 17.7. The van der Waals surface area contributed by atoms with Crippen LogP contribution < -0.4 is 5.32 Å². The molecule has 3 atom stereocenters. The second-order valence-electron chi connectivity index (χ2n) is 8.43. The van der Waals surface area contributed by atoms with Crippen LogP contribution in [0.3, 0.4) is 0 Å². The van der Waals surface area contributed by atoms with Crippen LogP contribution in [0.25, 0.3) is 0 Å². The summed E-state index contributed by atoms with van der Waals surface area (Å²) in [6.45, 7) is 5.59. The Balaban J connectivity index is 0.000000301. The van der Waals surface area contributed by atoms with E-state index in [1.165, 1.54) is 6.42 Å². The quantitative estimate of drug-likeness (QED) is 0.478. The number of aryl methyl sites for hydroxylation is 1. The first kappa shape index (κ1) is 30.8. The van der Waals surface area contributed by atoms with Gasteiger partial charge in [0.2, 0.25) is 0 Å². The molecule has 0 saturated carbocycles. The van der Waals surface area contributed by atoms with Gasteiger partial charge < -0.3 is 24.8 Å². The Kier molecular flexibility index (Phi) is 10.9. The highest BCUT2D eigenvalue weighted by Gasteiger charge is 2.40. The van der Waals surface area contributed by atoms with Gasteiger partial charge in [0.25, 0.3) is 0 Å². The van der Waals surface area contributed by atoms with Crippen LogP contribution in [0.2, 0.25) is 0 Å². The number of nitrogens with zero attached hydrogens (tertiary/aromatic N) is 3. The summed E-state index contributed by atoms with van der Waals surface area (Å²) in [6, 6.07) is 8.22. The number of fused-ring (bicyclic) bond motifs is 1. The number of pyridine rings is 1. The second kappa shape index (κ2) is 13.4. The Labute approximate surface area is 212 Å². The number of carboxylic acids is 2. The van der Waals surface area contributed by atoms with Crippen molar-refractivity contribution in [3.05, 3.63) is 41.9 Å². The Morgan fingerprint density at radius 2 is 1.74 bits per heavy atom. The summed E-state index contributed by atoms with van der Waals surface area (Å²) >= 11 is 0. The summed E-state index contributed by atoms with van der Waals surface area (Å²) in [5.74, 6) is -3.18. The minimum atomic E-state index is -5.08. The summed E-state index contributed by atoms with van der Waals surface area (Å²) < 4.78 is 74.8. The van der Waals surface area contributed by atoms with E-state index in [9.17, 15) is 26.3 Å². The zero-order chi connectivity index (χ0) is 28.5. The average Bonchev–Trinajstić information content (AvgIpc) is 3.23. The van der Waals surface area contributed by atoms with Gasteiger partial charge in [0.15, 0.2) is 0 Å². The van der Waals surface area contributed by atoms with Crippen LogP contribution in [0.15, 0.2) is 35.0 Å². The largest absolute Gasteiger partial charge is 0.490 e. The highest BCUT2D eigenvalue weighted by Crippen LogP contribution is 2.30. The normalized spacial score (nSPS) is 21.6. The van der Waals surface area contributed by atoms with Crippen molar-refractivity contribution in [1.82, 2.24) is 15.0 Å². The number of alkyl halides is 6. The van der Waals surface area contributed by atoms with E-state index < -0.39 is 24.3 Å². The lowest BCUT2D eigenvalue weighted by atomic mass is 9.85. The lowest BCUT2D eigenvalue weighted by Crippen LogP contribution is -2.57. The molecule has 2 aromatic heterocycles. The van der Waals surface area contributed by atoms with Gasteiger partial charge in [-0.25, -0.2) is 14.6 Å². The number of nitrogens with one attached hydrogen (secondary N) is 1. The number of hydrogen-bond acceptors (Lipinski definition) is 8. The van der Waals surface area contributed by atoms with Crippen molar-refractivity contribution in [2.45, 2.75) is 50.8 Å². The fourth-order valence-corrected chi connectivity index (χ4v) is 3.91. The topological polar surface area (TPSA) is 138 Å². The van der Waals surface area contributed by atoms with E-state index in [4.69, 9.17) is 29.1 Å². The predicted octanol–water partition coefficient (Wildman–Crippen LogP) is 3.74. The van der Waals surface area contributed by atoms with Crippen LogP contribution in [-0.4, -0.2) is 81.4 Å². The number of carboxylic acid groups (broad SMARTS) is 2. The number of aliphatic carboxylic acids is 2. The molecule has 0 aromatic carbocycles. The number of likely N-dealkylation sites (tertiary alicyclic amines) is 1. The number of ether oxygens (including phenoxy) is 1. The number of rotatable bonds is 4. The van der Waals surface area contributed by atoms with Crippen molar-refractivity contribution in [1.29, 1.82) is 0 Å². The Morgan fingerprint density at radius 3 is 2.24 bits per heavy atom. The molecule has 16 heteroatoms. The lowest BCUT2D eigenvalue weighted by molar-refractivity contribution is -0.193. The van der Waals surface area contributed by atoms with Crippen LogP contribution >= 0.6 is 0 Å². The molecule has 4 rings (SSSR count). The van der Waals surface area contributed by atoms with Gasteiger partial charge in [0.1, 0.15) is 11.6 Å². The molecule has 38 heavy (non-hydrogen) atoms. The Morgan fingerprint density at radius 1 is 1.11 bits per heavy atom. The summed E-state index contributed by atoms with van der Waals surface area (Å²) in [6.07, 6.45) is -5.72. The standard InChI is InChI=1S/C18H24N4O2.2C2HF3O2/c1-13-9-15(21-24-13)11-22-10-14-5-4-8-23-18(14)16(12-22)20-17-6-2-3-7-19-17;2*3-2(4,5)1(6)7/h2-3,6-7,9,14,16,18H,4-5,8,10-12H2,1H3,(H,19,20);2*(H,6,7)/t14-,16+,18-;;/m0../s1. The smallest absolute Gasteiger partial charge is 0.475 e. The molecule has 2 fully saturated rings. The minimum Gasteiger partial charge on any atom is -0.475 e.